The number of benzene rings is 3. The Hall–Kier alpha value is -5.48. The lowest BCUT2D eigenvalue weighted by atomic mass is 10.0. The van der Waals surface area contributed by atoms with Gasteiger partial charge in [0, 0.05) is 23.1 Å². The maximum atomic E-state index is 12.5. The summed E-state index contributed by atoms with van der Waals surface area (Å²) in [5.74, 6) is 1.28. The normalized spacial score (nSPS) is 15.8. The lowest BCUT2D eigenvalue weighted by Gasteiger charge is -2.26. The van der Waals surface area contributed by atoms with Crippen LogP contribution in [0.4, 0.5) is 11.4 Å². The Bertz CT molecular complexity index is 1760. The van der Waals surface area contributed by atoms with Gasteiger partial charge in [-0.05, 0) is 85.0 Å². The van der Waals surface area contributed by atoms with Crippen molar-refractivity contribution in [2.24, 2.45) is 0 Å². The summed E-state index contributed by atoms with van der Waals surface area (Å²) in [6.45, 7) is -0.105. The number of hydrogen-bond acceptors (Lipinski definition) is 7. The summed E-state index contributed by atoms with van der Waals surface area (Å²) in [6, 6.07) is 32.6. The molecule has 3 aromatic carbocycles. The highest BCUT2D eigenvalue weighted by molar-refractivity contribution is 7.80. The van der Waals surface area contributed by atoms with E-state index in [1.807, 2.05) is 89.8 Å². The van der Waals surface area contributed by atoms with Crippen molar-refractivity contribution in [1.82, 2.24) is 10.3 Å². The van der Waals surface area contributed by atoms with E-state index in [1.165, 1.54) is 7.11 Å². The Morgan fingerprint density at radius 3 is 2.39 bits per heavy atom. The van der Waals surface area contributed by atoms with E-state index in [2.05, 4.69) is 15.6 Å². The van der Waals surface area contributed by atoms with Gasteiger partial charge < -0.3 is 29.4 Å². The monoisotopic (exact) mass is 604 g/mol. The number of nitrogens with zero attached hydrogens (tertiary/aromatic N) is 2. The molecule has 0 bridgehead atoms. The molecule has 9 nitrogen and oxygen atoms in total. The highest BCUT2D eigenvalue weighted by Gasteiger charge is 2.42. The van der Waals surface area contributed by atoms with Gasteiger partial charge in [0.05, 0.1) is 24.4 Å². The molecule has 0 spiro atoms. The Morgan fingerprint density at radius 2 is 1.68 bits per heavy atom. The quantitative estimate of drug-likeness (QED) is 0.148. The second-order valence-corrected chi connectivity index (χ2v) is 10.4. The van der Waals surface area contributed by atoms with Crippen molar-refractivity contribution < 1.29 is 23.5 Å². The lowest BCUT2D eigenvalue weighted by molar-refractivity contribution is -0.118. The van der Waals surface area contributed by atoms with Crippen molar-refractivity contribution >= 4 is 40.6 Å². The third-order valence-corrected chi connectivity index (χ3v) is 7.46. The summed E-state index contributed by atoms with van der Waals surface area (Å²) in [4.78, 5) is 30.9. The van der Waals surface area contributed by atoms with Crippen LogP contribution < -0.4 is 20.3 Å². The van der Waals surface area contributed by atoms with Crippen LogP contribution in [0.5, 0.6) is 5.75 Å². The topological polar surface area (TPSA) is 106 Å². The average Bonchev–Trinajstić information content (AvgIpc) is 3.69. The fourth-order valence-electron chi connectivity index (χ4n) is 5.05. The number of carbonyl (C=O) groups excluding carboxylic acids is 2. The fourth-order valence-corrected chi connectivity index (χ4v) is 5.39. The Labute approximate surface area is 259 Å². The van der Waals surface area contributed by atoms with Gasteiger partial charge in [0.1, 0.15) is 23.3 Å². The van der Waals surface area contributed by atoms with Crippen LogP contribution >= 0.6 is 12.2 Å². The van der Waals surface area contributed by atoms with Gasteiger partial charge >= 0.3 is 5.97 Å². The van der Waals surface area contributed by atoms with Crippen molar-refractivity contribution in [3.63, 3.8) is 0 Å². The van der Waals surface area contributed by atoms with Gasteiger partial charge in [0.15, 0.2) is 11.7 Å². The molecule has 1 aliphatic rings. The Balaban J connectivity index is 1.24. The van der Waals surface area contributed by atoms with E-state index in [0.29, 0.717) is 33.6 Å². The van der Waals surface area contributed by atoms with E-state index in [-0.39, 0.29) is 24.6 Å². The number of rotatable bonds is 9. The van der Waals surface area contributed by atoms with Crippen LogP contribution in [0, 0.1) is 0 Å². The minimum atomic E-state index is -0.401. The molecule has 1 amide bonds. The highest BCUT2D eigenvalue weighted by Crippen LogP contribution is 2.43. The molecule has 0 unspecified atom stereocenters. The third kappa shape index (κ3) is 6.16. The van der Waals surface area contributed by atoms with Crippen LogP contribution in [-0.4, -0.2) is 35.7 Å². The Morgan fingerprint density at radius 1 is 0.932 bits per heavy atom. The molecule has 2 aromatic heterocycles. The first-order valence-electron chi connectivity index (χ1n) is 13.9. The van der Waals surface area contributed by atoms with E-state index in [1.54, 1.807) is 30.5 Å². The van der Waals surface area contributed by atoms with E-state index >= 15 is 0 Å². The molecule has 1 fully saturated rings. The second kappa shape index (κ2) is 12.8. The molecular weight excluding hydrogens is 576 g/mol. The van der Waals surface area contributed by atoms with Crippen LogP contribution in [0.3, 0.4) is 0 Å². The van der Waals surface area contributed by atoms with Crippen molar-refractivity contribution in [3.05, 3.63) is 132 Å². The summed E-state index contributed by atoms with van der Waals surface area (Å²) in [5.41, 5.74) is 3.52. The minimum absolute atomic E-state index is 0.105. The predicted molar refractivity (Wildman–Crippen MR) is 170 cm³/mol. The van der Waals surface area contributed by atoms with Crippen LogP contribution in [-0.2, 0) is 9.53 Å². The average molecular weight is 605 g/mol. The molecule has 220 valence electrons. The summed E-state index contributed by atoms with van der Waals surface area (Å²) in [6.07, 6.45) is 1.75. The molecule has 1 aliphatic heterocycles. The van der Waals surface area contributed by atoms with Crippen molar-refractivity contribution in [2.75, 3.05) is 23.9 Å². The third-order valence-electron chi connectivity index (χ3n) is 7.15. The molecule has 2 atom stereocenters. The molecule has 1 saturated heterocycles. The first-order valence-corrected chi connectivity index (χ1v) is 14.3. The highest BCUT2D eigenvalue weighted by atomic mass is 32.1. The first kappa shape index (κ1) is 28.6. The van der Waals surface area contributed by atoms with Gasteiger partial charge in [0.25, 0.3) is 5.91 Å². The number of para-hydroxylation sites is 1. The summed E-state index contributed by atoms with van der Waals surface area (Å²) in [5, 5.41) is 6.80. The van der Waals surface area contributed by atoms with Gasteiger partial charge in [-0.2, -0.15) is 0 Å². The number of nitrogens with one attached hydrogen (secondary N) is 2. The number of esters is 1. The van der Waals surface area contributed by atoms with Crippen molar-refractivity contribution in [1.29, 1.82) is 0 Å². The molecule has 5 aromatic rings. The zero-order valence-corrected chi connectivity index (χ0v) is 24.5. The number of pyridine rings is 1. The minimum Gasteiger partial charge on any atom is -0.484 e. The number of aromatic nitrogens is 1. The zero-order chi connectivity index (χ0) is 30.5. The number of hydrogen-bond donors (Lipinski definition) is 2. The summed E-state index contributed by atoms with van der Waals surface area (Å²) in [7, 11) is 1.35. The standard InChI is InChI=1S/C34H28N4O5S/c1-41-33(40)23-12-10-22(11-13-23)28-18-19-29(43-28)32-31(27-9-5-6-20-35-27)37-34(44)38(32)25-16-14-24(15-17-25)36-30(39)21-42-26-7-3-2-4-8-26/h2-20,31-32H,21H2,1H3,(H,36,39)(H,37,44)/t31-,32-/m1/s1. The van der Waals surface area contributed by atoms with Crippen molar-refractivity contribution in [2.45, 2.75) is 12.1 Å². The molecule has 0 aliphatic carbocycles. The molecular formula is C34H28N4O5S. The Kier molecular flexibility index (Phi) is 8.33. The van der Waals surface area contributed by atoms with Gasteiger partial charge in [-0.25, -0.2) is 4.79 Å². The zero-order valence-electron chi connectivity index (χ0n) is 23.7. The van der Waals surface area contributed by atoms with E-state index < -0.39 is 5.97 Å². The van der Waals surface area contributed by atoms with Gasteiger partial charge in [0.2, 0.25) is 0 Å². The predicted octanol–water partition coefficient (Wildman–Crippen LogP) is 6.32. The van der Waals surface area contributed by atoms with Crippen LogP contribution in [0.25, 0.3) is 11.3 Å². The number of methoxy groups -OCH3 is 1. The van der Waals surface area contributed by atoms with Gasteiger partial charge in [-0.1, -0.05) is 36.4 Å². The number of ether oxygens (including phenoxy) is 2. The van der Waals surface area contributed by atoms with Gasteiger partial charge in [-0.3, -0.25) is 9.78 Å². The van der Waals surface area contributed by atoms with Crippen LogP contribution in [0.2, 0.25) is 0 Å². The number of furan rings is 1. The second-order valence-electron chi connectivity index (χ2n) is 9.96. The first-order chi connectivity index (χ1) is 21.5. The number of amides is 1. The number of thiocarbonyl (C=S) groups is 1. The van der Waals surface area contributed by atoms with E-state index in [9.17, 15) is 9.59 Å². The molecule has 6 rings (SSSR count). The fraction of sp³-hybridized carbons (Fsp3) is 0.118. The smallest absolute Gasteiger partial charge is 0.337 e. The number of carbonyl (C=O) groups is 2. The maximum Gasteiger partial charge on any atom is 0.337 e. The van der Waals surface area contributed by atoms with Crippen LogP contribution in [0.15, 0.2) is 120 Å². The SMILES string of the molecule is COC(=O)c1ccc(-c2ccc([C@@H]3[C@@H](c4ccccn4)NC(=S)N3c3ccc(NC(=O)COc4ccccc4)cc3)o2)cc1. The summed E-state index contributed by atoms with van der Waals surface area (Å²) >= 11 is 5.83. The van der Waals surface area contributed by atoms with Crippen molar-refractivity contribution in [3.8, 4) is 17.1 Å². The summed E-state index contributed by atoms with van der Waals surface area (Å²) < 4.78 is 16.8. The molecule has 0 radical (unpaired) electrons. The van der Waals surface area contributed by atoms with E-state index in [0.717, 1.165) is 16.9 Å². The molecule has 0 saturated carbocycles. The molecule has 44 heavy (non-hydrogen) atoms. The van der Waals surface area contributed by atoms with Crippen LogP contribution in [0.1, 0.15) is 33.9 Å². The lowest BCUT2D eigenvalue weighted by Crippen LogP contribution is -2.29. The molecule has 3 heterocycles. The van der Waals surface area contributed by atoms with E-state index in [4.69, 9.17) is 26.1 Å². The number of anilines is 2. The van der Waals surface area contributed by atoms with Gasteiger partial charge in [-0.15, -0.1) is 0 Å². The largest absolute Gasteiger partial charge is 0.484 e. The maximum absolute atomic E-state index is 12.5. The molecule has 2 N–H and O–H groups in total. The molecule has 10 heteroatoms.